The van der Waals surface area contributed by atoms with Gasteiger partial charge in [-0.2, -0.15) is 0 Å². The van der Waals surface area contributed by atoms with Crippen molar-refractivity contribution in [3.8, 4) is 0 Å². The molecule has 0 spiro atoms. The van der Waals surface area contributed by atoms with Crippen LogP contribution in [0.3, 0.4) is 0 Å². The average Bonchev–Trinajstić information content (AvgIpc) is 2.44. The molecule has 0 aliphatic carbocycles. The fraction of sp³-hybridized carbons (Fsp3) is 0.188. The zero-order valence-electron chi connectivity index (χ0n) is 11.7. The molecule has 2 aromatic rings. The number of carboxylic acid groups (broad SMARTS) is 1. The number of aliphatic carboxylic acids is 1. The van der Waals surface area contributed by atoms with Crippen molar-refractivity contribution >= 4 is 11.7 Å². The summed E-state index contributed by atoms with van der Waals surface area (Å²) in [6, 6.07) is 10.5. The number of hydrogen-bond acceptors (Lipinski definition) is 2. The van der Waals surface area contributed by atoms with Gasteiger partial charge in [-0.1, -0.05) is 30.3 Å². The minimum atomic E-state index is -1.78. The van der Waals surface area contributed by atoms with Crippen molar-refractivity contribution in [3.63, 3.8) is 0 Å². The molecule has 2 N–H and O–H groups in total. The van der Waals surface area contributed by atoms with Gasteiger partial charge in [0.1, 0.15) is 0 Å². The number of hydrogen-bond donors (Lipinski definition) is 2. The van der Waals surface area contributed by atoms with Crippen LogP contribution in [-0.4, -0.2) is 11.1 Å². The summed E-state index contributed by atoms with van der Waals surface area (Å²) in [5.74, 6) is -3.54. The lowest BCUT2D eigenvalue weighted by Crippen LogP contribution is -2.41. The molecule has 0 saturated carbocycles. The van der Waals surface area contributed by atoms with Crippen molar-refractivity contribution < 1.29 is 18.7 Å². The number of rotatable bonds is 4. The number of para-hydroxylation sites is 1. The number of halogens is 2. The Kier molecular flexibility index (Phi) is 3.93. The molecule has 1 unspecified atom stereocenters. The van der Waals surface area contributed by atoms with Crippen molar-refractivity contribution in [2.24, 2.45) is 0 Å². The molecule has 0 aromatic heterocycles. The maximum atomic E-state index is 14.0. The number of anilines is 1. The van der Waals surface area contributed by atoms with Crippen LogP contribution in [0.15, 0.2) is 42.5 Å². The second-order valence-electron chi connectivity index (χ2n) is 4.97. The van der Waals surface area contributed by atoms with E-state index < -0.39 is 23.1 Å². The Morgan fingerprint density at radius 2 is 1.81 bits per heavy atom. The van der Waals surface area contributed by atoms with Gasteiger partial charge in [0.15, 0.2) is 17.2 Å². The summed E-state index contributed by atoms with van der Waals surface area (Å²) in [7, 11) is 0. The lowest BCUT2D eigenvalue weighted by molar-refractivity contribution is -0.142. The molecular weight excluding hydrogens is 276 g/mol. The highest BCUT2D eigenvalue weighted by molar-refractivity contribution is 5.84. The highest BCUT2D eigenvalue weighted by Gasteiger charge is 2.38. The van der Waals surface area contributed by atoms with E-state index in [0.717, 1.165) is 11.6 Å². The third kappa shape index (κ3) is 2.72. The first-order valence-electron chi connectivity index (χ1n) is 6.38. The first-order chi connectivity index (χ1) is 9.86. The second kappa shape index (κ2) is 5.52. The zero-order valence-corrected chi connectivity index (χ0v) is 11.7. The molecule has 0 aliphatic heterocycles. The molecule has 0 bridgehead atoms. The summed E-state index contributed by atoms with van der Waals surface area (Å²) < 4.78 is 27.4. The highest BCUT2D eigenvalue weighted by Crippen LogP contribution is 2.30. The van der Waals surface area contributed by atoms with Gasteiger partial charge >= 0.3 is 5.97 Å². The van der Waals surface area contributed by atoms with E-state index in [1.807, 2.05) is 0 Å². The van der Waals surface area contributed by atoms with Gasteiger partial charge in [-0.05, 0) is 31.5 Å². The maximum Gasteiger partial charge on any atom is 0.333 e. The van der Waals surface area contributed by atoms with E-state index in [2.05, 4.69) is 5.32 Å². The van der Waals surface area contributed by atoms with Crippen molar-refractivity contribution in [2.75, 3.05) is 5.32 Å². The molecule has 0 saturated heterocycles. The predicted molar refractivity (Wildman–Crippen MR) is 76.1 cm³/mol. The van der Waals surface area contributed by atoms with Gasteiger partial charge in [0.2, 0.25) is 0 Å². The summed E-state index contributed by atoms with van der Waals surface area (Å²) in [6.07, 6.45) is 0. The quantitative estimate of drug-likeness (QED) is 0.903. The molecule has 21 heavy (non-hydrogen) atoms. The SMILES string of the molecule is Cc1ccccc1NC(C)(C(=O)O)c1cccc(F)c1F. The van der Waals surface area contributed by atoms with Crippen LogP contribution in [-0.2, 0) is 10.3 Å². The first-order valence-corrected chi connectivity index (χ1v) is 6.38. The number of carboxylic acids is 1. The lowest BCUT2D eigenvalue weighted by Gasteiger charge is -2.29. The van der Waals surface area contributed by atoms with E-state index in [-0.39, 0.29) is 5.56 Å². The van der Waals surface area contributed by atoms with Crippen LogP contribution in [0.25, 0.3) is 0 Å². The summed E-state index contributed by atoms with van der Waals surface area (Å²) in [5, 5.41) is 12.3. The van der Waals surface area contributed by atoms with E-state index >= 15 is 0 Å². The molecule has 110 valence electrons. The largest absolute Gasteiger partial charge is 0.479 e. The molecule has 0 amide bonds. The standard InChI is InChI=1S/C16H15F2NO2/c1-10-6-3-4-9-13(10)19-16(2,15(20)21)11-7-5-8-12(17)14(11)18/h3-9,19H,1-2H3,(H,20,21). The van der Waals surface area contributed by atoms with Crippen molar-refractivity contribution in [1.29, 1.82) is 0 Å². The Balaban J connectivity index is 2.54. The fourth-order valence-corrected chi connectivity index (χ4v) is 2.11. The van der Waals surface area contributed by atoms with E-state index in [4.69, 9.17) is 0 Å². The van der Waals surface area contributed by atoms with Crippen LogP contribution in [0.1, 0.15) is 18.1 Å². The van der Waals surface area contributed by atoms with Gasteiger partial charge in [-0.3, -0.25) is 0 Å². The predicted octanol–water partition coefficient (Wildman–Crippen LogP) is 3.69. The molecule has 0 fully saturated rings. The molecule has 0 radical (unpaired) electrons. The molecule has 0 aliphatic rings. The Morgan fingerprint density at radius 1 is 1.14 bits per heavy atom. The molecular formula is C16H15F2NO2. The molecule has 0 heterocycles. The third-order valence-corrected chi connectivity index (χ3v) is 3.45. The number of benzene rings is 2. The van der Waals surface area contributed by atoms with Gasteiger partial charge in [0.25, 0.3) is 0 Å². The van der Waals surface area contributed by atoms with Crippen molar-refractivity contribution in [2.45, 2.75) is 19.4 Å². The van der Waals surface area contributed by atoms with Crippen LogP contribution >= 0.6 is 0 Å². The highest BCUT2D eigenvalue weighted by atomic mass is 19.2. The minimum absolute atomic E-state index is 0.252. The van der Waals surface area contributed by atoms with Gasteiger partial charge in [0, 0.05) is 11.3 Å². The zero-order chi connectivity index (χ0) is 15.6. The van der Waals surface area contributed by atoms with Crippen LogP contribution in [0, 0.1) is 18.6 Å². The van der Waals surface area contributed by atoms with Gasteiger partial charge < -0.3 is 10.4 Å². The van der Waals surface area contributed by atoms with E-state index in [9.17, 15) is 18.7 Å². The van der Waals surface area contributed by atoms with E-state index in [0.29, 0.717) is 5.69 Å². The van der Waals surface area contributed by atoms with Crippen LogP contribution < -0.4 is 5.32 Å². The van der Waals surface area contributed by atoms with Gasteiger partial charge in [0.05, 0.1) is 0 Å². The Labute approximate surface area is 121 Å². The van der Waals surface area contributed by atoms with Crippen LogP contribution in [0.2, 0.25) is 0 Å². The van der Waals surface area contributed by atoms with Crippen LogP contribution in [0.5, 0.6) is 0 Å². The maximum absolute atomic E-state index is 14.0. The Morgan fingerprint density at radius 3 is 2.43 bits per heavy atom. The molecule has 1 atom stereocenters. The van der Waals surface area contributed by atoms with E-state index in [1.54, 1.807) is 31.2 Å². The normalized spacial score (nSPS) is 13.5. The molecule has 3 nitrogen and oxygen atoms in total. The summed E-state index contributed by atoms with van der Waals surface area (Å²) in [5.41, 5.74) is -0.677. The lowest BCUT2D eigenvalue weighted by atomic mass is 9.90. The number of carbonyl (C=O) groups is 1. The van der Waals surface area contributed by atoms with Gasteiger partial charge in [-0.15, -0.1) is 0 Å². The second-order valence-corrected chi connectivity index (χ2v) is 4.97. The minimum Gasteiger partial charge on any atom is -0.479 e. The monoisotopic (exact) mass is 291 g/mol. The van der Waals surface area contributed by atoms with E-state index in [1.165, 1.54) is 19.1 Å². The number of aryl methyl sites for hydroxylation is 1. The Bertz CT molecular complexity index is 688. The summed E-state index contributed by atoms with van der Waals surface area (Å²) >= 11 is 0. The van der Waals surface area contributed by atoms with Crippen LogP contribution in [0.4, 0.5) is 14.5 Å². The third-order valence-electron chi connectivity index (χ3n) is 3.45. The summed E-state index contributed by atoms with van der Waals surface area (Å²) in [4.78, 5) is 11.6. The fourth-order valence-electron chi connectivity index (χ4n) is 2.11. The average molecular weight is 291 g/mol. The van der Waals surface area contributed by atoms with Crippen molar-refractivity contribution in [3.05, 3.63) is 65.2 Å². The molecule has 2 rings (SSSR count). The summed E-state index contributed by atoms with van der Waals surface area (Å²) in [6.45, 7) is 3.10. The Hall–Kier alpha value is -2.43. The first kappa shape index (κ1) is 15.0. The topological polar surface area (TPSA) is 49.3 Å². The molecule has 2 aromatic carbocycles. The smallest absolute Gasteiger partial charge is 0.333 e. The molecule has 5 heteroatoms. The van der Waals surface area contributed by atoms with Crippen molar-refractivity contribution in [1.82, 2.24) is 0 Å². The number of nitrogens with one attached hydrogen (secondary N) is 1. The van der Waals surface area contributed by atoms with Gasteiger partial charge in [-0.25, -0.2) is 13.6 Å².